The van der Waals surface area contributed by atoms with Crippen LogP contribution < -0.4 is 10.2 Å². The highest BCUT2D eigenvalue weighted by atomic mass is 19.3. The van der Waals surface area contributed by atoms with Crippen molar-refractivity contribution in [1.82, 2.24) is 0 Å². The fraction of sp³-hybridized carbons (Fsp3) is 0.278. The molecule has 0 aromatic heterocycles. The molecule has 7 heteroatoms. The maximum absolute atomic E-state index is 13.8. The lowest BCUT2D eigenvalue weighted by Crippen LogP contribution is -2.17. The van der Waals surface area contributed by atoms with Crippen molar-refractivity contribution < 1.29 is 27.1 Å². The first kappa shape index (κ1) is 19.0. The molecule has 0 fully saturated rings. The lowest BCUT2D eigenvalue weighted by Gasteiger charge is -2.20. The average Bonchev–Trinajstić information content (AvgIpc) is 2.51. The summed E-state index contributed by atoms with van der Waals surface area (Å²) in [7, 11) is 1.72. The zero-order valence-electron chi connectivity index (χ0n) is 14.1. The molecular formula is C18H17BF4O2. The van der Waals surface area contributed by atoms with Crippen LogP contribution in [0.25, 0.3) is 0 Å². The number of hydrogen-bond donors (Lipinski definition) is 0. The highest BCUT2D eigenvalue weighted by Crippen LogP contribution is 2.35. The monoisotopic (exact) mass is 352 g/mol. The third-order valence-corrected chi connectivity index (χ3v) is 3.81. The first-order valence-corrected chi connectivity index (χ1v) is 7.60. The Labute approximate surface area is 144 Å². The standard InChI is InChI=1S/C18H17BF4O2/c1-17(20,21)13-5-4-12(14(8-13)18(2,22)23)10-25-16-6-3-11(9-24)7-15(16)19/h3-9H,10,19H2,1-2H3. The molecule has 0 N–H and O–H groups in total. The molecule has 0 spiro atoms. The number of alkyl halides is 4. The summed E-state index contributed by atoms with van der Waals surface area (Å²) in [6, 6.07) is 7.90. The van der Waals surface area contributed by atoms with Gasteiger partial charge in [-0.2, -0.15) is 0 Å². The van der Waals surface area contributed by atoms with Gasteiger partial charge in [-0.15, -0.1) is 0 Å². The van der Waals surface area contributed by atoms with Crippen LogP contribution in [0.2, 0.25) is 0 Å². The van der Waals surface area contributed by atoms with Crippen molar-refractivity contribution in [3.63, 3.8) is 0 Å². The van der Waals surface area contributed by atoms with E-state index >= 15 is 0 Å². The van der Waals surface area contributed by atoms with Crippen LogP contribution in [0, 0.1) is 0 Å². The number of ether oxygens (including phenoxy) is 1. The second-order valence-electron chi connectivity index (χ2n) is 6.08. The molecule has 2 nitrogen and oxygen atoms in total. The molecule has 2 aromatic carbocycles. The largest absolute Gasteiger partial charge is 0.489 e. The molecule has 2 rings (SSSR count). The van der Waals surface area contributed by atoms with Gasteiger partial charge in [-0.1, -0.05) is 18.2 Å². The highest BCUT2D eigenvalue weighted by Gasteiger charge is 2.32. The van der Waals surface area contributed by atoms with Gasteiger partial charge >= 0.3 is 0 Å². The van der Waals surface area contributed by atoms with E-state index in [1.54, 1.807) is 26.0 Å². The van der Waals surface area contributed by atoms with E-state index in [1.807, 2.05) is 0 Å². The van der Waals surface area contributed by atoms with E-state index in [2.05, 4.69) is 0 Å². The van der Waals surface area contributed by atoms with E-state index in [-0.39, 0.29) is 12.2 Å². The van der Waals surface area contributed by atoms with E-state index in [1.165, 1.54) is 6.07 Å². The zero-order valence-corrected chi connectivity index (χ0v) is 14.1. The van der Waals surface area contributed by atoms with Crippen molar-refractivity contribution in [3.05, 3.63) is 58.7 Å². The fourth-order valence-electron chi connectivity index (χ4n) is 2.45. The number of halogens is 4. The normalized spacial score (nSPS) is 12.1. The van der Waals surface area contributed by atoms with E-state index in [0.717, 1.165) is 12.1 Å². The molecule has 0 aliphatic heterocycles. The van der Waals surface area contributed by atoms with Gasteiger partial charge in [-0.05, 0) is 29.2 Å². The van der Waals surface area contributed by atoms with Crippen LogP contribution in [0.15, 0.2) is 36.4 Å². The van der Waals surface area contributed by atoms with E-state index in [9.17, 15) is 22.4 Å². The van der Waals surface area contributed by atoms with Gasteiger partial charge in [0.2, 0.25) is 0 Å². The quantitative estimate of drug-likeness (QED) is 0.452. The van der Waals surface area contributed by atoms with Gasteiger partial charge in [-0.25, -0.2) is 17.6 Å². The molecule has 0 saturated heterocycles. The van der Waals surface area contributed by atoms with Crippen LogP contribution in [-0.2, 0) is 18.5 Å². The van der Waals surface area contributed by atoms with Gasteiger partial charge in [0, 0.05) is 30.5 Å². The Morgan fingerprint density at radius 3 is 2.24 bits per heavy atom. The third-order valence-electron chi connectivity index (χ3n) is 3.81. The Morgan fingerprint density at radius 1 is 1.04 bits per heavy atom. The molecule has 0 unspecified atom stereocenters. The van der Waals surface area contributed by atoms with Crippen LogP contribution >= 0.6 is 0 Å². The van der Waals surface area contributed by atoms with Crippen LogP contribution in [0.1, 0.15) is 40.9 Å². The van der Waals surface area contributed by atoms with Crippen molar-refractivity contribution in [2.24, 2.45) is 0 Å². The number of carbonyl (C=O) groups excluding carboxylic acids is 1. The smallest absolute Gasteiger partial charge is 0.270 e. The molecule has 0 atom stereocenters. The summed E-state index contributed by atoms with van der Waals surface area (Å²) < 4.78 is 60.1. The van der Waals surface area contributed by atoms with Gasteiger partial charge < -0.3 is 4.74 Å². The lowest BCUT2D eigenvalue weighted by molar-refractivity contribution is 0.00935. The van der Waals surface area contributed by atoms with Crippen molar-refractivity contribution in [2.45, 2.75) is 32.3 Å². The number of carbonyl (C=O) groups is 1. The molecule has 132 valence electrons. The van der Waals surface area contributed by atoms with Gasteiger partial charge in [0.05, 0.1) is 0 Å². The topological polar surface area (TPSA) is 26.3 Å². The molecule has 0 saturated carbocycles. The Kier molecular flexibility index (Phi) is 5.25. The summed E-state index contributed by atoms with van der Waals surface area (Å²) >= 11 is 0. The van der Waals surface area contributed by atoms with E-state index in [4.69, 9.17) is 4.74 Å². The Bertz CT molecular complexity index is 780. The van der Waals surface area contributed by atoms with Gasteiger partial charge in [-0.3, -0.25) is 4.79 Å². The average molecular weight is 352 g/mol. The van der Waals surface area contributed by atoms with Crippen molar-refractivity contribution >= 4 is 19.6 Å². The van der Waals surface area contributed by atoms with Gasteiger partial charge in [0.25, 0.3) is 11.8 Å². The van der Waals surface area contributed by atoms with E-state index < -0.39 is 23.0 Å². The maximum Gasteiger partial charge on any atom is 0.270 e. The summed E-state index contributed by atoms with van der Waals surface area (Å²) in [5.74, 6) is -6.06. The Balaban J connectivity index is 2.31. The maximum atomic E-state index is 13.8. The molecular weight excluding hydrogens is 335 g/mol. The minimum absolute atomic E-state index is 0.124. The highest BCUT2D eigenvalue weighted by molar-refractivity contribution is 6.34. The summed E-state index contributed by atoms with van der Waals surface area (Å²) in [6.45, 7) is 1.12. The first-order valence-electron chi connectivity index (χ1n) is 7.60. The minimum Gasteiger partial charge on any atom is -0.489 e. The number of rotatable bonds is 6. The van der Waals surface area contributed by atoms with Crippen LogP contribution in [0.5, 0.6) is 5.75 Å². The number of benzene rings is 2. The van der Waals surface area contributed by atoms with Crippen molar-refractivity contribution in [3.8, 4) is 5.75 Å². The fourth-order valence-corrected chi connectivity index (χ4v) is 2.45. The molecule has 0 aliphatic rings. The summed E-state index contributed by atoms with van der Waals surface area (Å²) in [5, 5.41) is 0. The second-order valence-corrected chi connectivity index (χ2v) is 6.08. The molecule has 0 radical (unpaired) electrons. The first-order chi connectivity index (χ1) is 11.5. The van der Waals surface area contributed by atoms with E-state index in [0.29, 0.717) is 36.9 Å². The van der Waals surface area contributed by atoms with Gasteiger partial charge in [0.1, 0.15) is 26.5 Å². The zero-order chi connectivity index (χ0) is 18.8. The second kappa shape index (κ2) is 6.90. The van der Waals surface area contributed by atoms with Crippen LogP contribution in [0.3, 0.4) is 0 Å². The number of aldehydes is 1. The summed E-state index contributed by atoms with van der Waals surface area (Å²) in [4.78, 5) is 10.7. The predicted molar refractivity (Wildman–Crippen MR) is 89.9 cm³/mol. The lowest BCUT2D eigenvalue weighted by atomic mass is 9.93. The van der Waals surface area contributed by atoms with Crippen molar-refractivity contribution in [1.29, 1.82) is 0 Å². The molecule has 25 heavy (non-hydrogen) atoms. The predicted octanol–water partition coefficient (Wildman–Crippen LogP) is 3.56. The molecule has 0 aliphatic carbocycles. The third kappa shape index (κ3) is 4.62. The summed E-state index contributed by atoms with van der Waals surface area (Å²) in [5.41, 5.74) is 0.304. The molecule has 0 amide bonds. The molecule has 0 heterocycles. The van der Waals surface area contributed by atoms with Crippen molar-refractivity contribution in [2.75, 3.05) is 0 Å². The van der Waals surface area contributed by atoms with Crippen LogP contribution in [0.4, 0.5) is 17.6 Å². The Hall–Kier alpha value is -2.31. The molecule has 0 bridgehead atoms. The van der Waals surface area contributed by atoms with Gasteiger partial charge in [0.15, 0.2) is 0 Å². The SMILES string of the molecule is Bc1cc(C=O)ccc1OCc1ccc(C(C)(F)F)cc1C(C)(F)F. The minimum atomic E-state index is -3.28. The molecule has 2 aromatic rings. The van der Waals surface area contributed by atoms with Crippen LogP contribution in [-0.4, -0.2) is 14.1 Å². The number of hydrogen-bond acceptors (Lipinski definition) is 2. The Morgan fingerprint density at radius 2 is 1.72 bits per heavy atom. The summed E-state index contributed by atoms with van der Waals surface area (Å²) in [6.07, 6.45) is 0.691.